The molecular weight excluding hydrogens is 276 g/mol. The van der Waals surface area contributed by atoms with Crippen molar-refractivity contribution in [2.24, 2.45) is 0 Å². The normalized spacial score (nSPS) is 11.5. The number of nitrogens with one attached hydrogen (secondary N) is 2. The van der Waals surface area contributed by atoms with Gasteiger partial charge in [0.2, 0.25) is 11.8 Å². The molecule has 2 amide bonds. The molecule has 1 aromatic carbocycles. The van der Waals surface area contributed by atoms with Crippen molar-refractivity contribution < 1.29 is 24.7 Å². The molecule has 1 atom stereocenters. The maximum atomic E-state index is 11.7. The molecule has 4 N–H and O–H groups in total. The van der Waals surface area contributed by atoms with Crippen LogP contribution in [-0.4, -0.2) is 34.1 Å². The van der Waals surface area contributed by atoms with Crippen molar-refractivity contribution in [2.45, 2.75) is 31.7 Å². The molecule has 0 unspecified atom stereocenters. The number of carboxylic acid groups (broad SMARTS) is 1. The van der Waals surface area contributed by atoms with Crippen LogP contribution in [0.3, 0.4) is 0 Å². The summed E-state index contributed by atoms with van der Waals surface area (Å²) in [6.07, 6.45) is 0.404. The minimum absolute atomic E-state index is 0.0845. The number of carbonyl (C=O) groups excluding carboxylic acids is 2. The van der Waals surface area contributed by atoms with Gasteiger partial charge in [-0.3, -0.25) is 14.8 Å². The number of rotatable bonds is 8. The summed E-state index contributed by atoms with van der Waals surface area (Å²) in [4.78, 5) is 33.6. The van der Waals surface area contributed by atoms with E-state index in [0.717, 1.165) is 5.56 Å². The molecule has 0 aliphatic rings. The van der Waals surface area contributed by atoms with Gasteiger partial charge in [0.05, 0.1) is 0 Å². The number of benzene rings is 1. The fourth-order valence-electron chi connectivity index (χ4n) is 1.76. The van der Waals surface area contributed by atoms with E-state index in [-0.39, 0.29) is 19.3 Å². The average molecular weight is 294 g/mol. The Morgan fingerprint density at radius 1 is 1.05 bits per heavy atom. The van der Waals surface area contributed by atoms with E-state index in [9.17, 15) is 14.4 Å². The second kappa shape index (κ2) is 8.70. The van der Waals surface area contributed by atoms with E-state index in [2.05, 4.69) is 5.32 Å². The van der Waals surface area contributed by atoms with Gasteiger partial charge in [0.15, 0.2) is 0 Å². The van der Waals surface area contributed by atoms with E-state index in [0.29, 0.717) is 6.42 Å². The van der Waals surface area contributed by atoms with Crippen LogP contribution in [-0.2, 0) is 20.8 Å². The lowest BCUT2D eigenvalue weighted by Gasteiger charge is -2.14. The van der Waals surface area contributed by atoms with Gasteiger partial charge >= 0.3 is 5.97 Å². The van der Waals surface area contributed by atoms with Crippen molar-refractivity contribution in [3.05, 3.63) is 35.9 Å². The topological polar surface area (TPSA) is 116 Å². The van der Waals surface area contributed by atoms with Gasteiger partial charge in [0.25, 0.3) is 0 Å². The highest BCUT2D eigenvalue weighted by molar-refractivity contribution is 5.84. The van der Waals surface area contributed by atoms with E-state index in [1.54, 1.807) is 0 Å². The molecule has 0 fully saturated rings. The molecule has 21 heavy (non-hydrogen) atoms. The van der Waals surface area contributed by atoms with Gasteiger partial charge in [-0.05, 0) is 18.4 Å². The fraction of sp³-hybridized carbons (Fsp3) is 0.357. The van der Waals surface area contributed by atoms with Crippen LogP contribution in [0, 0.1) is 0 Å². The Morgan fingerprint density at radius 3 is 2.29 bits per heavy atom. The standard InChI is InChI=1S/C14H18N2O5/c17-12(8-6-10-4-2-1-3-5-10)15-11(14(19)20)7-9-13(18)16-21/h1-5,11,21H,6-9H2,(H,15,17)(H,16,18)(H,19,20)/t11-/m0/s1. The van der Waals surface area contributed by atoms with E-state index >= 15 is 0 Å². The largest absolute Gasteiger partial charge is 0.480 e. The highest BCUT2D eigenvalue weighted by Gasteiger charge is 2.20. The van der Waals surface area contributed by atoms with E-state index < -0.39 is 23.8 Å². The lowest BCUT2D eigenvalue weighted by Crippen LogP contribution is -2.41. The highest BCUT2D eigenvalue weighted by Crippen LogP contribution is 2.04. The molecule has 1 rings (SSSR count). The first-order valence-corrected chi connectivity index (χ1v) is 6.52. The third kappa shape index (κ3) is 6.53. The summed E-state index contributed by atoms with van der Waals surface area (Å²) < 4.78 is 0. The van der Waals surface area contributed by atoms with E-state index in [1.807, 2.05) is 30.3 Å². The van der Waals surface area contributed by atoms with Crippen LogP contribution in [0.25, 0.3) is 0 Å². The van der Waals surface area contributed by atoms with Gasteiger partial charge in [-0.1, -0.05) is 30.3 Å². The van der Waals surface area contributed by atoms with Crippen molar-refractivity contribution in [3.63, 3.8) is 0 Å². The minimum atomic E-state index is -1.21. The Hall–Kier alpha value is -2.41. The SMILES string of the molecule is O=C(CC[C@H](NC(=O)CCc1ccccc1)C(=O)O)NO. The predicted molar refractivity (Wildman–Crippen MR) is 73.5 cm³/mol. The Balaban J connectivity index is 2.41. The lowest BCUT2D eigenvalue weighted by atomic mass is 10.1. The Labute approximate surface area is 121 Å². The highest BCUT2D eigenvalue weighted by atomic mass is 16.5. The van der Waals surface area contributed by atoms with E-state index in [1.165, 1.54) is 5.48 Å². The lowest BCUT2D eigenvalue weighted by molar-refractivity contribution is -0.142. The third-order valence-corrected chi connectivity index (χ3v) is 2.90. The minimum Gasteiger partial charge on any atom is -0.480 e. The zero-order valence-corrected chi connectivity index (χ0v) is 11.4. The van der Waals surface area contributed by atoms with Gasteiger partial charge in [-0.25, -0.2) is 10.3 Å². The van der Waals surface area contributed by atoms with Gasteiger partial charge < -0.3 is 10.4 Å². The monoisotopic (exact) mass is 294 g/mol. The quantitative estimate of drug-likeness (QED) is 0.411. The zero-order valence-electron chi connectivity index (χ0n) is 11.4. The molecule has 0 radical (unpaired) electrons. The molecule has 0 spiro atoms. The molecule has 7 nitrogen and oxygen atoms in total. The second-order valence-corrected chi connectivity index (χ2v) is 4.52. The first kappa shape index (κ1) is 16.6. The molecule has 1 aromatic rings. The third-order valence-electron chi connectivity index (χ3n) is 2.90. The second-order valence-electron chi connectivity index (χ2n) is 4.52. The summed E-state index contributed by atoms with van der Waals surface area (Å²) in [5.41, 5.74) is 2.40. The molecule has 0 saturated carbocycles. The molecular formula is C14H18N2O5. The molecule has 0 aliphatic carbocycles. The van der Waals surface area contributed by atoms with Crippen molar-refractivity contribution in [1.82, 2.24) is 10.8 Å². The molecule has 0 heterocycles. The van der Waals surface area contributed by atoms with Gasteiger partial charge in [-0.2, -0.15) is 0 Å². The molecule has 0 aromatic heterocycles. The number of amides is 2. The number of carbonyl (C=O) groups is 3. The molecule has 7 heteroatoms. The van der Waals surface area contributed by atoms with Gasteiger partial charge in [0, 0.05) is 12.8 Å². The van der Waals surface area contributed by atoms with Crippen LogP contribution in [0.1, 0.15) is 24.8 Å². The number of hydrogen-bond acceptors (Lipinski definition) is 4. The predicted octanol–water partition coefficient (Wildman–Crippen LogP) is 0.474. The van der Waals surface area contributed by atoms with Gasteiger partial charge in [-0.15, -0.1) is 0 Å². The molecule has 0 saturated heterocycles. The number of carboxylic acids is 1. The van der Waals surface area contributed by atoms with Crippen LogP contribution in [0.2, 0.25) is 0 Å². The van der Waals surface area contributed by atoms with Crippen LogP contribution in [0.5, 0.6) is 0 Å². The molecule has 0 bridgehead atoms. The molecule has 0 aliphatic heterocycles. The number of hydroxylamine groups is 1. The summed E-state index contributed by atoms with van der Waals surface area (Å²) in [5.74, 6) is -2.30. The Kier molecular flexibility index (Phi) is 6.90. The van der Waals surface area contributed by atoms with Crippen LogP contribution in [0.15, 0.2) is 30.3 Å². The van der Waals surface area contributed by atoms with E-state index in [4.69, 9.17) is 10.3 Å². The Morgan fingerprint density at radius 2 is 1.71 bits per heavy atom. The summed E-state index contributed by atoms with van der Waals surface area (Å²) in [5, 5.41) is 19.7. The summed E-state index contributed by atoms with van der Waals surface area (Å²) in [6.45, 7) is 0. The van der Waals surface area contributed by atoms with Crippen molar-refractivity contribution >= 4 is 17.8 Å². The van der Waals surface area contributed by atoms with Crippen molar-refractivity contribution in [3.8, 4) is 0 Å². The number of hydrogen-bond donors (Lipinski definition) is 4. The fourth-order valence-corrected chi connectivity index (χ4v) is 1.76. The van der Waals surface area contributed by atoms with Crippen molar-refractivity contribution in [1.29, 1.82) is 0 Å². The molecule has 114 valence electrons. The maximum absolute atomic E-state index is 11.7. The summed E-state index contributed by atoms with van der Waals surface area (Å²) >= 11 is 0. The maximum Gasteiger partial charge on any atom is 0.326 e. The summed E-state index contributed by atoms with van der Waals surface area (Å²) in [6, 6.07) is 8.21. The van der Waals surface area contributed by atoms with Gasteiger partial charge in [0.1, 0.15) is 6.04 Å². The zero-order chi connectivity index (χ0) is 15.7. The first-order valence-electron chi connectivity index (χ1n) is 6.52. The Bertz CT molecular complexity index is 489. The summed E-state index contributed by atoms with van der Waals surface area (Å²) in [7, 11) is 0. The van der Waals surface area contributed by atoms with Crippen LogP contribution in [0.4, 0.5) is 0 Å². The average Bonchev–Trinajstić information content (AvgIpc) is 2.49. The van der Waals surface area contributed by atoms with Crippen LogP contribution < -0.4 is 10.8 Å². The smallest absolute Gasteiger partial charge is 0.326 e. The number of aliphatic carboxylic acids is 1. The first-order chi connectivity index (χ1) is 10.0. The number of aryl methyl sites for hydroxylation is 1. The van der Waals surface area contributed by atoms with Crippen LogP contribution >= 0.6 is 0 Å². The van der Waals surface area contributed by atoms with Crippen molar-refractivity contribution in [2.75, 3.05) is 0 Å².